The van der Waals surface area contributed by atoms with E-state index >= 15 is 0 Å². The summed E-state index contributed by atoms with van der Waals surface area (Å²) in [6.45, 7) is 2.86. The smallest absolute Gasteiger partial charge is 0.255 e. The Kier molecular flexibility index (Phi) is 7.88. The molecule has 1 atom stereocenters. The summed E-state index contributed by atoms with van der Waals surface area (Å²) in [4.78, 5) is 29.0. The molecule has 5 nitrogen and oxygen atoms in total. The van der Waals surface area contributed by atoms with Gasteiger partial charge in [0.25, 0.3) is 5.91 Å². The number of hydrogen-bond donors (Lipinski definition) is 2. The molecule has 0 bridgehead atoms. The minimum atomic E-state index is -0.163. The number of carbonyl (C=O) groups is 2. The maximum Gasteiger partial charge on any atom is 0.255 e. The molecule has 0 spiro atoms. The lowest BCUT2D eigenvalue weighted by molar-refractivity contribution is 0.102. The molecular formula is C37H36N2O3. The molecule has 0 saturated heterocycles. The van der Waals surface area contributed by atoms with Crippen LogP contribution in [0.3, 0.4) is 0 Å². The fourth-order valence-corrected chi connectivity index (χ4v) is 6.46. The van der Waals surface area contributed by atoms with Crippen LogP contribution in [0, 0.1) is 17.4 Å². The molecule has 212 valence electrons. The summed E-state index contributed by atoms with van der Waals surface area (Å²) in [6.07, 6.45) is 5.63. The van der Waals surface area contributed by atoms with E-state index in [2.05, 4.69) is 59.7 Å². The van der Waals surface area contributed by atoms with Crippen molar-refractivity contribution in [1.29, 1.82) is 0 Å². The van der Waals surface area contributed by atoms with Gasteiger partial charge in [-0.25, -0.2) is 0 Å². The van der Waals surface area contributed by atoms with Crippen LogP contribution in [0.2, 0.25) is 0 Å². The van der Waals surface area contributed by atoms with Gasteiger partial charge in [0.2, 0.25) is 0 Å². The molecule has 0 radical (unpaired) electrons. The standard InChI is InChI=1S/C37H36N2O3/c1-24-9-3-5-11-28(24)37(42)38-27-17-15-25(16-18-27)36(41)33-14-7-13-31-30(33)19-20-32-29-12-6-4-10-26(29)23-34(35(31)32)39(2)21-8-22-40/h3-6,9-12,15-20,23,34,40H,7-8,13-14,21-22H2,1-2H3,(H,38,42). The van der Waals surface area contributed by atoms with Gasteiger partial charge < -0.3 is 10.4 Å². The van der Waals surface area contributed by atoms with Gasteiger partial charge in [-0.15, -0.1) is 0 Å². The van der Waals surface area contributed by atoms with E-state index in [1.54, 1.807) is 12.1 Å². The zero-order valence-corrected chi connectivity index (χ0v) is 24.2. The Morgan fingerprint density at radius 1 is 0.881 bits per heavy atom. The first-order valence-electron chi connectivity index (χ1n) is 14.8. The number of benzene rings is 4. The van der Waals surface area contributed by atoms with Crippen molar-refractivity contribution in [2.75, 3.05) is 25.5 Å². The average molecular weight is 557 g/mol. The van der Waals surface area contributed by atoms with Crippen molar-refractivity contribution >= 4 is 29.0 Å². The van der Waals surface area contributed by atoms with Crippen LogP contribution >= 0.6 is 0 Å². The number of Topliss-reactive ketones (excluding diaryl/α,β-unsaturated/α-hetero) is 1. The monoisotopic (exact) mass is 556 g/mol. The van der Waals surface area contributed by atoms with Gasteiger partial charge in [-0.3, -0.25) is 14.5 Å². The van der Waals surface area contributed by atoms with Gasteiger partial charge in [0.1, 0.15) is 0 Å². The Hall–Kier alpha value is -4.32. The summed E-state index contributed by atoms with van der Waals surface area (Å²) >= 11 is 0. The Bertz CT molecular complexity index is 1890. The second kappa shape index (κ2) is 11.9. The van der Waals surface area contributed by atoms with Crippen molar-refractivity contribution in [1.82, 2.24) is 4.90 Å². The highest BCUT2D eigenvalue weighted by atomic mass is 16.3. The number of anilines is 1. The van der Waals surface area contributed by atoms with Crippen LogP contribution in [-0.4, -0.2) is 41.9 Å². The molecule has 0 saturated carbocycles. The second-order valence-corrected chi connectivity index (χ2v) is 11.3. The minimum absolute atomic E-state index is 0.0399. The predicted molar refractivity (Wildman–Crippen MR) is 168 cm³/mol. The normalized spacial score (nSPS) is 15.3. The van der Waals surface area contributed by atoms with Gasteiger partial charge in [0.15, 0.2) is 5.78 Å². The van der Waals surface area contributed by atoms with E-state index in [-0.39, 0.29) is 24.3 Å². The highest BCUT2D eigenvalue weighted by Crippen LogP contribution is 2.31. The van der Waals surface area contributed by atoms with Crippen LogP contribution in [0.15, 0.2) is 84.9 Å². The Morgan fingerprint density at radius 3 is 2.40 bits per heavy atom. The largest absolute Gasteiger partial charge is 0.396 e. The molecule has 6 rings (SSSR count). The lowest BCUT2D eigenvalue weighted by Crippen LogP contribution is -2.33. The zero-order valence-electron chi connectivity index (χ0n) is 24.2. The fraction of sp³-hybridized carbons (Fsp3) is 0.243. The van der Waals surface area contributed by atoms with Crippen molar-refractivity contribution in [3.8, 4) is 0 Å². The lowest BCUT2D eigenvalue weighted by atomic mass is 9.82. The minimum Gasteiger partial charge on any atom is -0.396 e. The van der Waals surface area contributed by atoms with E-state index < -0.39 is 0 Å². The number of ketones is 1. The van der Waals surface area contributed by atoms with E-state index in [0.717, 1.165) is 42.2 Å². The van der Waals surface area contributed by atoms with Crippen LogP contribution in [0.25, 0.3) is 11.6 Å². The van der Waals surface area contributed by atoms with E-state index in [0.29, 0.717) is 23.2 Å². The first kappa shape index (κ1) is 27.8. The Morgan fingerprint density at radius 2 is 1.62 bits per heavy atom. The number of hydrogen-bond acceptors (Lipinski definition) is 4. The highest BCUT2D eigenvalue weighted by molar-refractivity contribution is 6.24. The molecule has 0 aromatic heterocycles. The summed E-state index contributed by atoms with van der Waals surface area (Å²) in [5, 5.41) is 17.2. The van der Waals surface area contributed by atoms with Crippen molar-refractivity contribution in [2.45, 2.75) is 38.6 Å². The third-order valence-electron chi connectivity index (χ3n) is 8.63. The number of fused-ring (bicyclic) bond motifs is 4. The highest BCUT2D eigenvalue weighted by Gasteiger charge is 2.26. The molecule has 4 aromatic carbocycles. The molecule has 4 aromatic rings. The number of aliphatic hydroxyl groups excluding tert-OH is 1. The summed E-state index contributed by atoms with van der Waals surface area (Å²) in [5.41, 5.74) is 6.23. The summed E-state index contributed by atoms with van der Waals surface area (Å²) < 4.78 is 0. The van der Waals surface area contributed by atoms with Gasteiger partial charge in [0, 0.05) is 35.5 Å². The molecule has 5 heteroatoms. The summed E-state index contributed by atoms with van der Waals surface area (Å²) in [5.74, 6) is -0.123. The molecule has 42 heavy (non-hydrogen) atoms. The molecule has 1 unspecified atom stereocenters. The van der Waals surface area contributed by atoms with Crippen molar-refractivity contribution < 1.29 is 14.7 Å². The first-order chi connectivity index (χ1) is 20.5. The lowest BCUT2D eigenvalue weighted by Gasteiger charge is -2.31. The Labute approximate surface area is 246 Å². The number of nitrogens with one attached hydrogen (secondary N) is 1. The van der Waals surface area contributed by atoms with Crippen molar-refractivity contribution in [2.24, 2.45) is 0 Å². The maximum absolute atomic E-state index is 13.9. The van der Waals surface area contributed by atoms with Gasteiger partial charge in [-0.2, -0.15) is 0 Å². The SMILES string of the molecule is Cc1ccccc1C(=O)Nc1ccc(C(=O)C2=c3ccc4c(c3CCC2)C(N(C)CCCO)C=c2ccccc2=4)cc1. The third kappa shape index (κ3) is 5.22. The van der Waals surface area contributed by atoms with Crippen LogP contribution < -0.4 is 15.8 Å². The van der Waals surface area contributed by atoms with E-state index in [4.69, 9.17) is 0 Å². The summed E-state index contributed by atoms with van der Waals surface area (Å²) in [7, 11) is 2.12. The van der Waals surface area contributed by atoms with Gasteiger partial charge in [-0.1, -0.05) is 60.7 Å². The van der Waals surface area contributed by atoms with E-state index in [9.17, 15) is 14.7 Å². The zero-order chi connectivity index (χ0) is 29.2. The van der Waals surface area contributed by atoms with E-state index in [1.165, 1.54) is 26.8 Å². The molecule has 1 amide bonds. The van der Waals surface area contributed by atoms with Crippen LogP contribution in [-0.2, 0) is 6.42 Å². The van der Waals surface area contributed by atoms with Crippen LogP contribution in [0.4, 0.5) is 5.69 Å². The fourth-order valence-electron chi connectivity index (χ4n) is 6.46. The summed E-state index contributed by atoms with van der Waals surface area (Å²) in [6, 6.07) is 27.6. The molecule has 2 aliphatic rings. The van der Waals surface area contributed by atoms with E-state index in [1.807, 2.05) is 43.3 Å². The first-order valence-corrected chi connectivity index (χ1v) is 14.8. The van der Waals surface area contributed by atoms with Gasteiger partial charge in [-0.05, 0) is 108 Å². The molecular weight excluding hydrogens is 520 g/mol. The topological polar surface area (TPSA) is 69.6 Å². The average Bonchev–Trinajstić information content (AvgIpc) is 3.02. The number of nitrogens with zero attached hydrogens (tertiary/aromatic N) is 1. The molecule has 0 heterocycles. The predicted octanol–water partition coefficient (Wildman–Crippen LogP) is 5.05. The Balaban J connectivity index is 1.38. The van der Waals surface area contributed by atoms with Gasteiger partial charge >= 0.3 is 0 Å². The molecule has 0 aliphatic heterocycles. The van der Waals surface area contributed by atoms with Crippen molar-refractivity contribution in [3.05, 3.63) is 134 Å². The number of rotatable bonds is 8. The molecule has 2 aliphatic carbocycles. The van der Waals surface area contributed by atoms with Crippen LogP contribution in [0.5, 0.6) is 0 Å². The number of amides is 1. The third-order valence-corrected chi connectivity index (χ3v) is 8.63. The molecule has 0 fully saturated rings. The van der Waals surface area contributed by atoms with Crippen LogP contribution in [0.1, 0.15) is 62.7 Å². The second-order valence-electron chi connectivity index (χ2n) is 11.3. The maximum atomic E-state index is 13.9. The van der Waals surface area contributed by atoms with Gasteiger partial charge in [0.05, 0.1) is 6.04 Å². The number of carbonyl (C=O) groups excluding carboxylic acids is 2. The van der Waals surface area contributed by atoms with Crippen molar-refractivity contribution in [3.63, 3.8) is 0 Å². The number of aliphatic hydroxyl groups is 1. The molecule has 2 N–H and O–H groups in total. The quantitative estimate of drug-likeness (QED) is 0.298. The number of aryl methyl sites for hydroxylation is 1.